The molecule has 3 aromatic carbocycles. The highest BCUT2D eigenvalue weighted by Crippen LogP contribution is 2.32. The van der Waals surface area contributed by atoms with Crippen LogP contribution in [0.2, 0.25) is 5.02 Å². The number of aryl methyl sites for hydroxylation is 1. The quantitative estimate of drug-likeness (QED) is 0.143. The molecule has 0 heterocycles. The number of nitrogens with zero attached hydrogens (tertiary/aromatic N) is 2. The van der Waals surface area contributed by atoms with Gasteiger partial charge < -0.3 is 14.2 Å². The molecule has 3 rings (SSSR count). The number of nitriles is 1. The summed E-state index contributed by atoms with van der Waals surface area (Å²) < 4.78 is 35.9. The Morgan fingerprint density at radius 3 is 2.42 bits per heavy atom. The van der Waals surface area contributed by atoms with E-state index in [-0.39, 0.29) is 43.9 Å². The van der Waals surface area contributed by atoms with Gasteiger partial charge in [0.1, 0.15) is 16.5 Å². The number of halogens is 1. The topological polar surface area (TPSA) is 149 Å². The van der Waals surface area contributed by atoms with E-state index < -0.39 is 20.9 Å². The van der Waals surface area contributed by atoms with Gasteiger partial charge in [-0.2, -0.15) is 13.7 Å². The number of nitrogens with one attached hydrogen (secondary N) is 1. The summed E-state index contributed by atoms with van der Waals surface area (Å²) >= 11 is 6.00. The monoisotopic (exact) mass is 527 g/mol. The molecule has 0 atom stereocenters. The van der Waals surface area contributed by atoms with Gasteiger partial charge in [0.05, 0.1) is 22.7 Å². The zero-order valence-corrected chi connectivity index (χ0v) is 20.5. The van der Waals surface area contributed by atoms with Gasteiger partial charge in [-0.25, -0.2) is 0 Å². The van der Waals surface area contributed by atoms with Crippen LogP contribution in [-0.4, -0.2) is 26.4 Å². The fourth-order valence-corrected chi connectivity index (χ4v) is 4.04. The fraction of sp³-hybridized carbons (Fsp3) is 0.0833. The molecule has 0 aliphatic carbocycles. The number of hydrogen-bond acceptors (Lipinski definition) is 8. The lowest BCUT2D eigenvalue weighted by Gasteiger charge is -2.12. The third-order valence-electron chi connectivity index (χ3n) is 4.78. The lowest BCUT2D eigenvalue weighted by Crippen LogP contribution is -2.14. The van der Waals surface area contributed by atoms with Gasteiger partial charge in [-0.3, -0.25) is 14.9 Å². The van der Waals surface area contributed by atoms with E-state index in [1.807, 2.05) is 6.92 Å². The first-order valence-electron chi connectivity index (χ1n) is 10.1. The van der Waals surface area contributed by atoms with Gasteiger partial charge >= 0.3 is 10.1 Å². The summed E-state index contributed by atoms with van der Waals surface area (Å²) in [5.74, 6) is -0.939. The third kappa shape index (κ3) is 6.18. The van der Waals surface area contributed by atoms with Gasteiger partial charge in [-0.1, -0.05) is 35.4 Å². The Bertz CT molecular complexity index is 1510. The molecule has 12 heteroatoms. The average Bonchev–Trinajstić information content (AvgIpc) is 2.83. The van der Waals surface area contributed by atoms with Crippen LogP contribution in [0.5, 0.6) is 11.5 Å². The highest BCUT2D eigenvalue weighted by Gasteiger charge is 2.20. The van der Waals surface area contributed by atoms with Crippen LogP contribution >= 0.6 is 11.6 Å². The van der Waals surface area contributed by atoms with Crippen molar-refractivity contribution in [1.29, 1.82) is 5.26 Å². The molecule has 0 bridgehead atoms. The van der Waals surface area contributed by atoms with Crippen molar-refractivity contribution in [2.45, 2.75) is 11.8 Å². The van der Waals surface area contributed by atoms with Crippen molar-refractivity contribution in [3.05, 3.63) is 92.5 Å². The molecule has 0 fully saturated rings. The molecule has 1 N–H and O–H groups in total. The molecule has 0 saturated heterocycles. The first-order valence-corrected chi connectivity index (χ1v) is 11.9. The van der Waals surface area contributed by atoms with Crippen LogP contribution in [0.4, 0.5) is 11.4 Å². The number of hydrogen-bond donors (Lipinski definition) is 1. The van der Waals surface area contributed by atoms with E-state index in [9.17, 15) is 28.6 Å². The minimum atomic E-state index is -4.20. The molecule has 0 aromatic heterocycles. The zero-order chi connectivity index (χ0) is 26.5. The van der Waals surface area contributed by atoms with Crippen LogP contribution in [0.3, 0.4) is 0 Å². The first-order chi connectivity index (χ1) is 17.0. The number of benzene rings is 3. The Morgan fingerprint density at radius 2 is 1.81 bits per heavy atom. The zero-order valence-electron chi connectivity index (χ0n) is 18.9. The van der Waals surface area contributed by atoms with E-state index in [1.165, 1.54) is 55.7 Å². The number of nitro groups is 1. The molecule has 10 nitrogen and oxygen atoms in total. The molecular weight excluding hydrogens is 510 g/mol. The van der Waals surface area contributed by atoms with Crippen molar-refractivity contribution < 1.29 is 27.1 Å². The van der Waals surface area contributed by atoms with Crippen molar-refractivity contribution in [2.75, 3.05) is 12.4 Å². The Kier molecular flexibility index (Phi) is 7.93. The van der Waals surface area contributed by atoms with Crippen LogP contribution in [0, 0.1) is 28.4 Å². The maximum Gasteiger partial charge on any atom is 0.339 e. The summed E-state index contributed by atoms with van der Waals surface area (Å²) in [5, 5.41) is 22.9. The predicted octanol–water partition coefficient (Wildman–Crippen LogP) is 4.88. The van der Waals surface area contributed by atoms with Gasteiger partial charge in [0, 0.05) is 12.1 Å². The van der Waals surface area contributed by atoms with Crippen molar-refractivity contribution in [3.8, 4) is 17.6 Å². The average molecular weight is 528 g/mol. The maximum atomic E-state index is 12.7. The number of carbonyl (C=O) groups is 1. The summed E-state index contributed by atoms with van der Waals surface area (Å²) in [6, 6.07) is 15.4. The standard InChI is InChI=1S/C24H18ClN3O7S/c1-15-3-7-19(8-4-15)36(32,33)35-23-12-16(5-10-22(23)34-2)11-17(14-26)24(29)27-21-13-18(28(30)31)6-9-20(21)25/h3-13H,1-2H3,(H,27,29)/b17-11+. The number of nitro benzene ring substituents is 1. The molecular formula is C24H18ClN3O7S. The fourth-order valence-electron chi connectivity index (χ4n) is 2.95. The number of methoxy groups -OCH3 is 1. The molecule has 36 heavy (non-hydrogen) atoms. The summed E-state index contributed by atoms with van der Waals surface area (Å²) in [7, 11) is -2.87. The van der Waals surface area contributed by atoms with Gasteiger partial charge in [0.15, 0.2) is 11.5 Å². The predicted molar refractivity (Wildman–Crippen MR) is 132 cm³/mol. The Hall–Kier alpha value is -4.40. The van der Waals surface area contributed by atoms with Crippen molar-refractivity contribution in [1.82, 2.24) is 0 Å². The summed E-state index contributed by atoms with van der Waals surface area (Å²) in [5.41, 5.74) is 0.382. The number of amides is 1. The van der Waals surface area contributed by atoms with E-state index in [1.54, 1.807) is 18.2 Å². The number of non-ortho nitro benzene ring substituents is 1. The smallest absolute Gasteiger partial charge is 0.339 e. The first kappa shape index (κ1) is 26.2. The van der Waals surface area contributed by atoms with Gasteiger partial charge in [0.2, 0.25) is 0 Å². The van der Waals surface area contributed by atoms with Gasteiger partial charge in [-0.15, -0.1) is 0 Å². The summed E-state index contributed by atoms with van der Waals surface area (Å²) in [6.07, 6.45) is 1.19. The molecule has 0 aliphatic rings. The normalized spacial score (nSPS) is 11.3. The van der Waals surface area contributed by atoms with E-state index in [2.05, 4.69) is 5.32 Å². The second-order valence-corrected chi connectivity index (χ2v) is 9.26. The van der Waals surface area contributed by atoms with Crippen LogP contribution in [0.15, 0.2) is 71.1 Å². The second kappa shape index (κ2) is 10.9. The SMILES string of the molecule is COc1ccc(/C=C(\C#N)C(=O)Nc2cc([N+](=O)[O-])ccc2Cl)cc1OS(=O)(=O)c1ccc(C)cc1. The Balaban J connectivity index is 1.91. The highest BCUT2D eigenvalue weighted by molar-refractivity contribution is 7.87. The van der Waals surface area contributed by atoms with E-state index in [0.717, 1.165) is 11.6 Å². The Morgan fingerprint density at radius 1 is 1.11 bits per heavy atom. The van der Waals surface area contributed by atoms with Gasteiger partial charge in [-0.05, 0) is 48.9 Å². The van der Waals surface area contributed by atoms with E-state index in [0.29, 0.717) is 0 Å². The number of ether oxygens (including phenoxy) is 1. The molecule has 0 radical (unpaired) electrons. The van der Waals surface area contributed by atoms with Crippen LogP contribution in [0.1, 0.15) is 11.1 Å². The van der Waals surface area contributed by atoms with Crippen LogP contribution in [0.25, 0.3) is 6.08 Å². The minimum absolute atomic E-state index is 0.0349. The van der Waals surface area contributed by atoms with E-state index in [4.69, 9.17) is 20.5 Å². The molecule has 3 aromatic rings. The third-order valence-corrected chi connectivity index (χ3v) is 6.36. The van der Waals surface area contributed by atoms with Crippen molar-refractivity contribution >= 4 is 45.1 Å². The lowest BCUT2D eigenvalue weighted by atomic mass is 10.1. The molecule has 0 spiro atoms. The lowest BCUT2D eigenvalue weighted by molar-refractivity contribution is -0.384. The molecule has 184 valence electrons. The molecule has 0 saturated carbocycles. The molecule has 0 unspecified atom stereocenters. The summed E-state index contributed by atoms with van der Waals surface area (Å²) in [4.78, 5) is 22.9. The van der Waals surface area contributed by atoms with E-state index >= 15 is 0 Å². The molecule has 1 amide bonds. The summed E-state index contributed by atoms with van der Waals surface area (Å²) in [6.45, 7) is 1.81. The number of rotatable bonds is 8. The number of anilines is 1. The Labute approximate surface area is 211 Å². The highest BCUT2D eigenvalue weighted by atomic mass is 35.5. The second-order valence-electron chi connectivity index (χ2n) is 7.31. The number of carbonyl (C=O) groups excluding carboxylic acids is 1. The van der Waals surface area contributed by atoms with Gasteiger partial charge in [0.25, 0.3) is 11.6 Å². The maximum absolute atomic E-state index is 12.7. The van der Waals surface area contributed by atoms with Crippen LogP contribution < -0.4 is 14.2 Å². The largest absolute Gasteiger partial charge is 0.493 e. The van der Waals surface area contributed by atoms with Crippen LogP contribution in [-0.2, 0) is 14.9 Å². The molecule has 0 aliphatic heterocycles. The van der Waals surface area contributed by atoms with Crippen molar-refractivity contribution in [3.63, 3.8) is 0 Å². The van der Waals surface area contributed by atoms with Crippen molar-refractivity contribution in [2.24, 2.45) is 0 Å². The minimum Gasteiger partial charge on any atom is -0.493 e.